The maximum atomic E-state index is 14.0. The SMILES string of the molecule is Cc1ccc(OC[C@H](O)C[NH+]2CCN(c3ccccc3F)CC2)c(C(C)(C)C)c1. The van der Waals surface area contributed by atoms with Crippen LogP contribution >= 0.6 is 0 Å². The monoisotopic (exact) mass is 401 g/mol. The third-order valence-corrected chi connectivity index (χ3v) is 5.56. The smallest absolute Gasteiger partial charge is 0.146 e. The number of aliphatic hydroxyl groups is 1. The fraction of sp³-hybridized carbons (Fsp3) is 0.500. The molecular weight excluding hydrogens is 367 g/mol. The van der Waals surface area contributed by atoms with Crippen LogP contribution in [0.15, 0.2) is 42.5 Å². The molecule has 5 heteroatoms. The second-order valence-electron chi connectivity index (χ2n) is 9.11. The van der Waals surface area contributed by atoms with Gasteiger partial charge in [-0.3, -0.25) is 0 Å². The Hall–Kier alpha value is -2.11. The summed E-state index contributed by atoms with van der Waals surface area (Å²) in [4.78, 5) is 3.41. The second-order valence-corrected chi connectivity index (χ2v) is 9.11. The number of aliphatic hydroxyl groups excluding tert-OH is 1. The lowest BCUT2D eigenvalue weighted by Crippen LogP contribution is -3.16. The van der Waals surface area contributed by atoms with E-state index in [1.54, 1.807) is 6.07 Å². The highest BCUT2D eigenvalue weighted by molar-refractivity contribution is 5.47. The molecule has 1 fully saturated rings. The van der Waals surface area contributed by atoms with Gasteiger partial charge in [0.05, 0.1) is 31.9 Å². The largest absolute Gasteiger partial charge is 0.490 e. The molecule has 0 unspecified atom stereocenters. The first-order chi connectivity index (χ1) is 13.7. The fourth-order valence-electron chi connectivity index (χ4n) is 3.91. The first-order valence-electron chi connectivity index (χ1n) is 10.5. The average molecular weight is 402 g/mol. The fourth-order valence-corrected chi connectivity index (χ4v) is 3.91. The summed E-state index contributed by atoms with van der Waals surface area (Å²) >= 11 is 0. The van der Waals surface area contributed by atoms with Gasteiger partial charge < -0.3 is 19.6 Å². The molecule has 0 spiro atoms. The summed E-state index contributed by atoms with van der Waals surface area (Å²) in [5, 5.41) is 10.5. The van der Waals surface area contributed by atoms with Crippen molar-refractivity contribution < 1.29 is 19.1 Å². The molecule has 0 amide bonds. The standard InChI is InChI=1S/C24H33FN2O2/c1-18-9-10-23(20(15-18)24(2,3)4)29-17-19(28)16-26-11-13-27(14-12-26)22-8-6-5-7-21(22)25/h5-10,15,19,28H,11-14,16-17H2,1-4H3/p+1/t19-/m1/s1. The second kappa shape index (κ2) is 9.14. The van der Waals surface area contributed by atoms with Gasteiger partial charge in [-0.25, -0.2) is 4.39 Å². The third kappa shape index (κ3) is 5.71. The van der Waals surface area contributed by atoms with Crippen LogP contribution in [0.3, 0.4) is 0 Å². The van der Waals surface area contributed by atoms with Crippen molar-refractivity contribution in [2.75, 3.05) is 44.2 Å². The molecule has 3 rings (SSSR count). The number of hydrogen-bond acceptors (Lipinski definition) is 3. The topological polar surface area (TPSA) is 37.1 Å². The molecule has 2 aromatic carbocycles. The van der Waals surface area contributed by atoms with Crippen LogP contribution in [0.25, 0.3) is 0 Å². The number of para-hydroxylation sites is 1. The van der Waals surface area contributed by atoms with E-state index in [4.69, 9.17) is 4.74 Å². The lowest BCUT2D eigenvalue weighted by Gasteiger charge is -2.34. The van der Waals surface area contributed by atoms with Crippen LogP contribution in [-0.4, -0.2) is 50.5 Å². The quantitative estimate of drug-likeness (QED) is 0.781. The van der Waals surface area contributed by atoms with E-state index in [1.807, 2.05) is 24.3 Å². The van der Waals surface area contributed by atoms with Crippen molar-refractivity contribution in [1.29, 1.82) is 0 Å². The average Bonchev–Trinajstić information content (AvgIpc) is 2.67. The van der Waals surface area contributed by atoms with Gasteiger partial charge in [-0.1, -0.05) is 50.6 Å². The number of benzene rings is 2. The van der Waals surface area contributed by atoms with Crippen molar-refractivity contribution in [2.45, 2.75) is 39.2 Å². The molecular formula is C24H34FN2O2+. The number of hydrogen-bond donors (Lipinski definition) is 2. The Bertz CT molecular complexity index is 811. The molecule has 0 saturated carbocycles. The number of ether oxygens (including phenoxy) is 1. The van der Waals surface area contributed by atoms with Gasteiger partial charge in [0, 0.05) is 0 Å². The highest BCUT2D eigenvalue weighted by atomic mass is 19.1. The number of aryl methyl sites for hydroxylation is 1. The molecule has 0 bridgehead atoms. The van der Waals surface area contributed by atoms with Gasteiger partial charge in [-0.2, -0.15) is 0 Å². The minimum Gasteiger partial charge on any atom is -0.490 e. The van der Waals surface area contributed by atoms with E-state index in [2.05, 4.69) is 38.7 Å². The van der Waals surface area contributed by atoms with Crippen LogP contribution < -0.4 is 14.5 Å². The Morgan fingerprint density at radius 1 is 1.14 bits per heavy atom. The molecule has 1 heterocycles. The predicted octanol–water partition coefficient (Wildman–Crippen LogP) is 2.58. The van der Waals surface area contributed by atoms with Gasteiger partial charge in [0.1, 0.15) is 30.8 Å². The Morgan fingerprint density at radius 3 is 2.48 bits per heavy atom. The van der Waals surface area contributed by atoms with E-state index in [9.17, 15) is 9.50 Å². The molecule has 0 aliphatic carbocycles. The van der Waals surface area contributed by atoms with Gasteiger partial charge in [-0.05, 0) is 36.1 Å². The minimum absolute atomic E-state index is 0.0133. The van der Waals surface area contributed by atoms with E-state index in [1.165, 1.54) is 16.5 Å². The molecule has 1 aliphatic rings. The van der Waals surface area contributed by atoms with Crippen molar-refractivity contribution in [2.24, 2.45) is 0 Å². The minimum atomic E-state index is -0.529. The number of nitrogens with zero attached hydrogens (tertiary/aromatic N) is 1. The normalized spacial score (nSPS) is 16.7. The molecule has 0 aromatic heterocycles. The number of quaternary nitrogens is 1. The molecule has 158 valence electrons. The summed E-state index contributed by atoms with van der Waals surface area (Å²) in [6, 6.07) is 13.1. The summed E-state index contributed by atoms with van der Waals surface area (Å²) in [6.45, 7) is 12.9. The summed E-state index contributed by atoms with van der Waals surface area (Å²) in [6.07, 6.45) is -0.529. The molecule has 1 atom stereocenters. The van der Waals surface area contributed by atoms with Crippen LogP contribution in [0.4, 0.5) is 10.1 Å². The number of halogens is 1. The summed E-state index contributed by atoms with van der Waals surface area (Å²) in [7, 11) is 0. The number of rotatable bonds is 6. The molecule has 29 heavy (non-hydrogen) atoms. The van der Waals surface area contributed by atoms with Crippen LogP contribution in [-0.2, 0) is 5.41 Å². The first-order valence-corrected chi connectivity index (χ1v) is 10.5. The zero-order valence-electron chi connectivity index (χ0n) is 18.0. The Morgan fingerprint density at radius 2 is 1.83 bits per heavy atom. The van der Waals surface area contributed by atoms with Crippen molar-refractivity contribution in [1.82, 2.24) is 0 Å². The summed E-state index contributed by atoms with van der Waals surface area (Å²) in [5.74, 6) is 0.679. The van der Waals surface area contributed by atoms with Crippen molar-refractivity contribution in [3.63, 3.8) is 0 Å². The molecule has 0 radical (unpaired) electrons. The predicted molar refractivity (Wildman–Crippen MR) is 116 cm³/mol. The highest BCUT2D eigenvalue weighted by Crippen LogP contribution is 2.32. The van der Waals surface area contributed by atoms with Crippen molar-refractivity contribution >= 4 is 5.69 Å². The number of anilines is 1. The Kier molecular flexibility index (Phi) is 6.81. The lowest BCUT2D eigenvalue weighted by atomic mass is 9.85. The molecule has 4 nitrogen and oxygen atoms in total. The zero-order chi connectivity index (χ0) is 21.0. The van der Waals surface area contributed by atoms with Crippen molar-refractivity contribution in [3.8, 4) is 5.75 Å². The lowest BCUT2D eigenvalue weighted by molar-refractivity contribution is -0.903. The van der Waals surface area contributed by atoms with Crippen LogP contribution in [0.2, 0.25) is 0 Å². The summed E-state index contributed by atoms with van der Waals surface area (Å²) < 4.78 is 20.0. The Labute approximate surface area is 173 Å². The molecule has 2 aromatic rings. The number of nitrogens with one attached hydrogen (secondary N) is 1. The van der Waals surface area contributed by atoms with E-state index in [-0.39, 0.29) is 17.8 Å². The third-order valence-electron chi connectivity index (χ3n) is 5.56. The number of piperazine rings is 1. The van der Waals surface area contributed by atoms with Crippen molar-refractivity contribution in [3.05, 3.63) is 59.4 Å². The molecule has 1 aliphatic heterocycles. The van der Waals surface area contributed by atoms with Gasteiger partial charge in [0.15, 0.2) is 0 Å². The molecule has 1 saturated heterocycles. The highest BCUT2D eigenvalue weighted by Gasteiger charge is 2.25. The van der Waals surface area contributed by atoms with E-state index >= 15 is 0 Å². The summed E-state index contributed by atoms with van der Waals surface area (Å²) in [5.41, 5.74) is 3.03. The maximum Gasteiger partial charge on any atom is 0.146 e. The van der Waals surface area contributed by atoms with Gasteiger partial charge in [0.25, 0.3) is 0 Å². The van der Waals surface area contributed by atoms with Gasteiger partial charge in [0.2, 0.25) is 0 Å². The van der Waals surface area contributed by atoms with Crippen LogP contribution in [0.5, 0.6) is 5.75 Å². The van der Waals surface area contributed by atoms with Crippen LogP contribution in [0.1, 0.15) is 31.9 Å². The molecule has 2 N–H and O–H groups in total. The maximum absolute atomic E-state index is 14.0. The van der Waals surface area contributed by atoms with Gasteiger partial charge in [-0.15, -0.1) is 0 Å². The first kappa shape index (κ1) is 21.6. The Balaban J connectivity index is 1.50. The van der Waals surface area contributed by atoms with E-state index < -0.39 is 6.10 Å². The van der Waals surface area contributed by atoms with Gasteiger partial charge >= 0.3 is 0 Å². The van der Waals surface area contributed by atoms with E-state index in [0.29, 0.717) is 12.2 Å². The van der Waals surface area contributed by atoms with Crippen LogP contribution in [0, 0.1) is 12.7 Å². The van der Waals surface area contributed by atoms with E-state index in [0.717, 1.165) is 37.5 Å². The zero-order valence-corrected chi connectivity index (χ0v) is 18.0.